The van der Waals surface area contributed by atoms with E-state index in [0.29, 0.717) is 16.9 Å². The molecule has 0 aliphatic carbocycles. The van der Waals surface area contributed by atoms with Crippen LogP contribution in [-0.4, -0.2) is 53.0 Å². The Balaban J connectivity index is 2.05. The molecule has 1 saturated heterocycles. The van der Waals surface area contributed by atoms with E-state index in [4.69, 9.17) is 9.47 Å². The first-order valence-electron chi connectivity index (χ1n) is 9.38. The Morgan fingerprint density at radius 2 is 1.93 bits per heavy atom. The quantitative estimate of drug-likeness (QED) is 0.440. The molecule has 1 atom stereocenters. The molecule has 1 aliphatic heterocycles. The minimum absolute atomic E-state index is 0.0196. The number of benzene rings is 1. The molecule has 2 heterocycles. The minimum Gasteiger partial charge on any atom is -0.507 e. The van der Waals surface area contributed by atoms with Crippen LogP contribution in [0.1, 0.15) is 31.0 Å². The van der Waals surface area contributed by atoms with Crippen molar-refractivity contribution in [3.63, 3.8) is 0 Å². The number of carbonyl (C=O) groups is 2. The van der Waals surface area contributed by atoms with Gasteiger partial charge >= 0.3 is 0 Å². The maximum atomic E-state index is 12.8. The van der Waals surface area contributed by atoms with Crippen LogP contribution in [0.25, 0.3) is 5.76 Å². The number of ketones is 1. The summed E-state index contributed by atoms with van der Waals surface area (Å²) in [6, 6.07) is 9.53. The number of aliphatic hydroxyl groups excluding tert-OH is 1. The molecule has 152 valence electrons. The number of nitrogens with zero attached hydrogens (tertiary/aromatic N) is 2. The maximum Gasteiger partial charge on any atom is 0.295 e. The molecule has 29 heavy (non-hydrogen) atoms. The first-order valence-corrected chi connectivity index (χ1v) is 9.38. The largest absolute Gasteiger partial charge is 0.507 e. The normalized spacial score (nSPS) is 18.5. The van der Waals surface area contributed by atoms with Gasteiger partial charge in [-0.3, -0.25) is 14.6 Å². The van der Waals surface area contributed by atoms with Crippen LogP contribution in [0.2, 0.25) is 0 Å². The Bertz CT molecular complexity index is 907. The van der Waals surface area contributed by atoms with E-state index in [1.807, 2.05) is 13.8 Å². The number of amides is 1. The second-order valence-corrected chi connectivity index (χ2v) is 6.96. The Morgan fingerprint density at radius 3 is 2.52 bits per heavy atom. The third kappa shape index (κ3) is 4.30. The van der Waals surface area contributed by atoms with Crippen LogP contribution in [0.4, 0.5) is 0 Å². The lowest BCUT2D eigenvalue weighted by molar-refractivity contribution is -0.140. The van der Waals surface area contributed by atoms with Gasteiger partial charge in [-0.25, -0.2) is 0 Å². The van der Waals surface area contributed by atoms with Crippen molar-refractivity contribution in [2.24, 2.45) is 0 Å². The van der Waals surface area contributed by atoms with E-state index in [1.54, 1.807) is 48.8 Å². The standard InChI is InChI=1S/C22H24N2O5/c1-14(2)29-17-8-6-15(7-9-17)20(25)18-19(16-5-4-10-23-13-16)24(11-12-28-3)22(27)21(18)26/h4-10,13-14,19,25H,11-12H2,1-3H3/t19-/m0/s1. The molecule has 3 rings (SSSR count). The fourth-order valence-electron chi connectivity index (χ4n) is 3.30. The van der Waals surface area contributed by atoms with Gasteiger partial charge in [0.2, 0.25) is 0 Å². The van der Waals surface area contributed by atoms with Crippen LogP contribution in [0.15, 0.2) is 54.4 Å². The lowest BCUT2D eigenvalue weighted by Gasteiger charge is -2.24. The van der Waals surface area contributed by atoms with Crippen LogP contribution in [0.5, 0.6) is 5.75 Å². The summed E-state index contributed by atoms with van der Waals surface area (Å²) in [6.45, 7) is 4.33. The van der Waals surface area contributed by atoms with Crippen molar-refractivity contribution >= 4 is 17.4 Å². The number of aromatic nitrogens is 1. The number of rotatable bonds is 7. The van der Waals surface area contributed by atoms with Crippen LogP contribution in [-0.2, 0) is 14.3 Å². The van der Waals surface area contributed by atoms with Gasteiger partial charge in [0, 0.05) is 31.6 Å². The molecule has 7 nitrogen and oxygen atoms in total. The first kappa shape index (κ1) is 20.5. The monoisotopic (exact) mass is 396 g/mol. The third-order valence-corrected chi connectivity index (χ3v) is 4.58. The molecule has 7 heteroatoms. The van der Waals surface area contributed by atoms with Crippen molar-refractivity contribution in [3.8, 4) is 5.75 Å². The van der Waals surface area contributed by atoms with Crippen molar-refractivity contribution in [2.45, 2.75) is 26.0 Å². The number of hydrogen-bond acceptors (Lipinski definition) is 6. The average Bonchev–Trinajstić information content (AvgIpc) is 2.97. The van der Waals surface area contributed by atoms with E-state index in [2.05, 4.69) is 4.98 Å². The Kier molecular flexibility index (Phi) is 6.29. The molecule has 0 radical (unpaired) electrons. The van der Waals surface area contributed by atoms with Gasteiger partial charge in [0.1, 0.15) is 11.5 Å². The highest BCUT2D eigenvalue weighted by Gasteiger charge is 2.45. The Labute approximate surface area is 169 Å². The van der Waals surface area contributed by atoms with Gasteiger partial charge in [-0.15, -0.1) is 0 Å². The number of likely N-dealkylation sites (tertiary alicyclic amines) is 1. The molecule has 1 N–H and O–H groups in total. The van der Waals surface area contributed by atoms with Crippen LogP contribution >= 0.6 is 0 Å². The van der Waals surface area contributed by atoms with E-state index < -0.39 is 17.7 Å². The van der Waals surface area contributed by atoms with Gasteiger partial charge in [-0.05, 0) is 49.7 Å². The summed E-state index contributed by atoms with van der Waals surface area (Å²) in [4.78, 5) is 31.0. The van der Waals surface area contributed by atoms with E-state index >= 15 is 0 Å². The van der Waals surface area contributed by atoms with E-state index in [-0.39, 0.29) is 30.6 Å². The molecule has 0 saturated carbocycles. The zero-order valence-electron chi connectivity index (χ0n) is 16.7. The lowest BCUT2D eigenvalue weighted by atomic mass is 9.96. The average molecular weight is 396 g/mol. The van der Waals surface area contributed by atoms with Crippen molar-refractivity contribution < 1.29 is 24.2 Å². The van der Waals surface area contributed by atoms with Crippen molar-refractivity contribution in [3.05, 3.63) is 65.5 Å². The highest BCUT2D eigenvalue weighted by Crippen LogP contribution is 2.39. The third-order valence-electron chi connectivity index (χ3n) is 4.58. The zero-order valence-corrected chi connectivity index (χ0v) is 16.7. The van der Waals surface area contributed by atoms with Gasteiger partial charge in [0.05, 0.1) is 24.3 Å². The van der Waals surface area contributed by atoms with Gasteiger partial charge in [-0.1, -0.05) is 6.07 Å². The molecule has 0 spiro atoms. The Morgan fingerprint density at radius 1 is 1.21 bits per heavy atom. The highest BCUT2D eigenvalue weighted by molar-refractivity contribution is 6.46. The lowest BCUT2D eigenvalue weighted by Crippen LogP contribution is -2.32. The van der Waals surface area contributed by atoms with Crippen LogP contribution < -0.4 is 4.74 Å². The summed E-state index contributed by atoms with van der Waals surface area (Å²) in [7, 11) is 1.52. The summed E-state index contributed by atoms with van der Waals surface area (Å²) in [5, 5.41) is 10.9. The van der Waals surface area contributed by atoms with Gasteiger partial charge < -0.3 is 19.5 Å². The minimum atomic E-state index is -0.731. The summed E-state index contributed by atoms with van der Waals surface area (Å²) in [6.07, 6.45) is 3.22. The number of ether oxygens (including phenoxy) is 2. The fraction of sp³-hybridized carbons (Fsp3) is 0.318. The molecular weight excluding hydrogens is 372 g/mol. The maximum absolute atomic E-state index is 12.8. The molecule has 0 bridgehead atoms. The summed E-state index contributed by atoms with van der Waals surface area (Å²) in [5.41, 5.74) is 1.11. The molecule has 0 unspecified atom stereocenters. The second-order valence-electron chi connectivity index (χ2n) is 6.96. The zero-order chi connectivity index (χ0) is 21.0. The van der Waals surface area contributed by atoms with E-state index in [0.717, 1.165) is 0 Å². The molecular formula is C22H24N2O5. The topological polar surface area (TPSA) is 89.0 Å². The molecule has 1 fully saturated rings. The predicted octanol–water partition coefficient (Wildman–Crippen LogP) is 2.94. The van der Waals surface area contributed by atoms with E-state index in [1.165, 1.54) is 12.0 Å². The van der Waals surface area contributed by atoms with Crippen LogP contribution in [0.3, 0.4) is 0 Å². The van der Waals surface area contributed by atoms with Crippen molar-refractivity contribution in [1.29, 1.82) is 0 Å². The molecule has 2 aromatic rings. The summed E-state index contributed by atoms with van der Waals surface area (Å²) in [5.74, 6) is -0.971. The molecule has 1 amide bonds. The van der Waals surface area contributed by atoms with Gasteiger partial charge in [0.15, 0.2) is 0 Å². The predicted molar refractivity (Wildman–Crippen MR) is 107 cm³/mol. The molecule has 1 aromatic heterocycles. The van der Waals surface area contributed by atoms with Crippen molar-refractivity contribution in [2.75, 3.05) is 20.3 Å². The smallest absolute Gasteiger partial charge is 0.295 e. The van der Waals surface area contributed by atoms with E-state index in [9.17, 15) is 14.7 Å². The van der Waals surface area contributed by atoms with Crippen LogP contribution in [0, 0.1) is 0 Å². The highest BCUT2D eigenvalue weighted by atomic mass is 16.5. The van der Waals surface area contributed by atoms with Crippen molar-refractivity contribution in [1.82, 2.24) is 9.88 Å². The fourth-order valence-corrected chi connectivity index (χ4v) is 3.30. The molecule has 1 aliphatic rings. The first-order chi connectivity index (χ1) is 13.9. The number of hydrogen-bond donors (Lipinski definition) is 1. The number of carbonyl (C=O) groups excluding carboxylic acids is 2. The number of methoxy groups -OCH3 is 1. The number of aliphatic hydroxyl groups is 1. The second kappa shape index (κ2) is 8.87. The molecule has 1 aromatic carbocycles. The van der Waals surface area contributed by atoms with Gasteiger partial charge in [-0.2, -0.15) is 0 Å². The number of pyridine rings is 1. The Hall–Kier alpha value is -3.19. The number of Topliss-reactive ketones (excluding diaryl/α,β-unsaturated/α-hetero) is 1. The summed E-state index contributed by atoms with van der Waals surface area (Å²) < 4.78 is 10.7. The summed E-state index contributed by atoms with van der Waals surface area (Å²) >= 11 is 0. The van der Waals surface area contributed by atoms with Gasteiger partial charge in [0.25, 0.3) is 11.7 Å². The SMILES string of the molecule is COCCN1C(=O)C(=O)C(=C(O)c2ccc(OC(C)C)cc2)[C@@H]1c1cccnc1.